The third-order valence-electron chi connectivity index (χ3n) is 3.58. The van der Waals surface area contributed by atoms with Crippen LogP contribution in [0.15, 0.2) is 0 Å². The Morgan fingerprint density at radius 2 is 2.29 bits per heavy atom. The van der Waals surface area contributed by atoms with E-state index in [9.17, 15) is 0 Å². The molecule has 0 aromatic rings. The van der Waals surface area contributed by atoms with Crippen LogP contribution >= 0.6 is 0 Å². The van der Waals surface area contributed by atoms with Crippen LogP contribution in [0.4, 0.5) is 0 Å². The fourth-order valence-electron chi connectivity index (χ4n) is 2.75. The zero-order valence-electron chi connectivity index (χ0n) is 8.95. The van der Waals surface area contributed by atoms with Crippen molar-refractivity contribution in [2.24, 2.45) is 0 Å². The van der Waals surface area contributed by atoms with Crippen LogP contribution in [0.2, 0.25) is 0 Å². The quantitative estimate of drug-likeness (QED) is 0.657. The smallest absolute Gasteiger partial charge is 0.0635 e. The molecule has 0 radical (unpaired) electrons. The van der Waals surface area contributed by atoms with E-state index in [1.54, 1.807) is 0 Å². The minimum Gasteiger partial charge on any atom is -0.298 e. The molecule has 2 heterocycles. The van der Waals surface area contributed by atoms with Crippen molar-refractivity contribution in [3.63, 3.8) is 0 Å². The molecule has 2 atom stereocenters. The molecule has 3 heteroatoms. The third kappa shape index (κ3) is 1.92. The number of nitriles is 1. The van der Waals surface area contributed by atoms with Crippen LogP contribution in [-0.4, -0.2) is 48.1 Å². The average molecular weight is 193 g/mol. The molecule has 2 fully saturated rings. The molecule has 0 aromatic heterocycles. The lowest BCUT2D eigenvalue weighted by Gasteiger charge is -2.42. The summed E-state index contributed by atoms with van der Waals surface area (Å²) in [4.78, 5) is 5.10. The van der Waals surface area contributed by atoms with E-state index in [1.165, 1.54) is 32.5 Å². The number of hydrogen-bond acceptors (Lipinski definition) is 3. The second-order valence-corrected chi connectivity index (χ2v) is 4.54. The van der Waals surface area contributed by atoms with E-state index in [2.05, 4.69) is 22.8 Å². The molecule has 3 nitrogen and oxygen atoms in total. The largest absolute Gasteiger partial charge is 0.298 e. The van der Waals surface area contributed by atoms with Gasteiger partial charge in [0.25, 0.3) is 0 Å². The summed E-state index contributed by atoms with van der Waals surface area (Å²) >= 11 is 0. The van der Waals surface area contributed by atoms with Crippen LogP contribution in [-0.2, 0) is 0 Å². The normalized spacial score (nSPS) is 34.0. The van der Waals surface area contributed by atoms with Gasteiger partial charge in [0, 0.05) is 38.1 Å². The zero-order valence-corrected chi connectivity index (χ0v) is 8.95. The Hall–Kier alpha value is -0.590. The molecule has 0 bridgehead atoms. The van der Waals surface area contributed by atoms with Gasteiger partial charge in [-0.1, -0.05) is 0 Å². The van der Waals surface area contributed by atoms with Crippen molar-refractivity contribution in [3.05, 3.63) is 0 Å². The average Bonchev–Trinajstić information content (AvgIpc) is 2.61. The number of fused-ring (bicyclic) bond motifs is 1. The molecule has 2 aliphatic rings. The highest BCUT2D eigenvalue weighted by atomic mass is 15.3. The predicted molar refractivity (Wildman–Crippen MR) is 55.9 cm³/mol. The van der Waals surface area contributed by atoms with Gasteiger partial charge in [0.15, 0.2) is 0 Å². The summed E-state index contributed by atoms with van der Waals surface area (Å²) in [7, 11) is 0. The van der Waals surface area contributed by atoms with Gasteiger partial charge in [-0.15, -0.1) is 0 Å². The molecule has 2 saturated heterocycles. The first-order chi connectivity index (χ1) is 6.81. The molecule has 0 N–H and O–H groups in total. The Balaban J connectivity index is 1.90. The SMILES string of the molecule is CC1CN2CCCC2CN1CCC#N. The molecule has 2 unspecified atom stereocenters. The lowest BCUT2D eigenvalue weighted by atomic mass is 10.1. The number of hydrogen-bond donors (Lipinski definition) is 0. The highest BCUT2D eigenvalue weighted by Crippen LogP contribution is 2.24. The van der Waals surface area contributed by atoms with Crippen LogP contribution in [0.3, 0.4) is 0 Å². The molecule has 0 spiro atoms. The van der Waals surface area contributed by atoms with E-state index < -0.39 is 0 Å². The number of rotatable bonds is 2. The molecule has 0 saturated carbocycles. The third-order valence-corrected chi connectivity index (χ3v) is 3.58. The van der Waals surface area contributed by atoms with Gasteiger partial charge in [0.2, 0.25) is 0 Å². The van der Waals surface area contributed by atoms with E-state index in [-0.39, 0.29) is 0 Å². The van der Waals surface area contributed by atoms with Gasteiger partial charge in [0.05, 0.1) is 6.07 Å². The molecule has 0 amide bonds. The van der Waals surface area contributed by atoms with Crippen LogP contribution in [0.1, 0.15) is 26.2 Å². The summed E-state index contributed by atoms with van der Waals surface area (Å²) in [6, 6.07) is 3.66. The van der Waals surface area contributed by atoms with Gasteiger partial charge >= 0.3 is 0 Å². The van der Waals surface area contributed by atoms with E-state index in [0.717, 1.165) is 12.6 Å². The molecular weight excluding hydrogens is 174 g/mol. The highest BCUT2D eigenvalue weighted by molar-refractivity contribution is 4.91. The Labute approximate surface area is 86.3 Å². The second-order valence-electron chi connectivity index (χ2n) is 4.54. The fraction of sp³-hybridized carbons (Fsp3) is 0.909. The maximum absolute atomic E-state index is 8.58. The van der Waals surface area contributed by atoms with Gasteiger partial charge in [-0.05, 0) is 26.3 Å². The van der Waals surface area contributed by atoms with Crippen molar-refractivity contribution in [1.29, 1.82) is 5.26 Å². The lowest BCUT2D eigenvalue weighted by Crippen LogP contribution is -2.54. The summed E-state index contributed by atoms with van der Waals surface area (Å²) in [5.74, 6) is 0. The minimum absolute atomic E-state index is 0.637. The zero-order chi connectivity index (χ0) is 9.97. The van der Waals surface area contributed by atoms with Gasteiger partial charge in [0.1, 0.15) is 0 Å². The summed E-state index contributed by atoms with van der Waals surface area (Å²) in [6.45, 7) is 6.92. The van der Waals surface area contributed by atoms with Crippen molar-refractivity contribution in [1.82, 2.24) is 9.80 Å². The van der Waals surface area contributed by atoms with Gasteiger partial charge < -0.3 is 0 Å². The predicted octanol–water partition coefficient (Wildman–Crippen LogP) is 1.07. The van der Waals surface area contributed by atoms with E-state index in [1.807, 2.05) is 0 Å². The summed E-state index contributed by atoms with van der Waals surface area (Å²) in [5, 5.41) is 8.58. The first kappa shape index (κ1) is 9.95. The van der Waals surface area contributed by atoms with Crippen LogP contribution in [0.5, 0.6) is 0 Å². The van der Waals surface area contributed by atoms with Gasteiger partial charge in [-0.25, -0.2) is 0 Å². The Morgan fingerprint density at radius 3 is 3.07 bits per heavy atom. The molecule has 2 aliphatic heterocycles. The number of piperazine rings is 1. The van der Waals surface area contributed by atoms with E-state index in [0.29, 0.717) is 12.5 Å². The van der Waals surface area contributed by atoms with Gasteiger partial charge in [-0.3, -0.25) is 9.80 Å². The first-order valence-electron chi connectivity index (χ1n) is 5.66. The van der Waals surface area contributed by atoms with Crippen LogP contribution in [0.25, 0.3) is 0 Å². The molecule has 78 valence electrons. The van der Waals surface area contributed by atoms with Crippen LogP contribution < -0.4 is 0 Å². The number of nitrogens with zero attached hydrogens (tertiary/aromatic N) is 3. The summed E-state index contributed by atoms with van der Waals surface area (Å²) in [5.41, 5.74) is 0. The summed E-state index contributed by atoms with van der Waals surface area (Å²) < 4.78 is 0. The van der Waals surface area contributed by atoms with Crippen molar-refractivity contribution in [2.45, 2.75) is 38.3 Å². The summed E-state index contributed by atoms with van der Waals surface area (Å²) in [6.07, 6.45) is 3.40. The Kier molecular flexibility index (Phi) is 3.05. The van der Waals surface area contributed by atoms with Crippen molar-refractivity contribution < 1.29 is 0 Å². The molecule has 0 aliphatic carbocycles. The Morgan fingerprint density at radius 1 is 1.43 bits per heavy atom. The monoisotopic (exact) mass is 193 g/mol. The lowest BCUT2D eigenvalue weighted by molar-refractivity contribution is 0.0613. The standard InChI is InChI=1S/C11H19N3/c1-10-8-14-6-2-4-11(14)9-13(10)7-3-5-12/h10-11H,2-4,6-9H2,1H3. The Bertz CT molecular complexity index is 233. The molecule has 0 aromatic carbocycles. The maximum Gasteiger partial charge on any atom is 0.0635 e. The highest BCUT2D eigenvalue weighted by Gasteiger charge is 2.33. The molecule has 2 rings (SSSR count). The van der Waals surface area contributed by atoms with Crippen molar-refractivity contribution in [2.75, 3.05) is 26.2 Å². The molecular formula is C11H19N3. The topological polar surface area (TPSA) is 30.3 Å². The van der Waals surface area contributed by atoms with Crippen LogP contribution in [0, 0.1) is 11.3 Å². The second kappa shape index (κ2) is 4.29. The first-order valence-corrected chi connectivity index (χ1v) is 5.66. The van der Waals surface area contributed by atoms with Gasteiger partial charge in [-0.2, -0.15) is 5.26 Å². The maximum atomic E-state index is 8.58. The van der Waals surface area contributed by atoms with E-state index >= 15 is 0 Å². The van der Waals surface area contributed by atoms with E-state index in [4.69, 9.17) is 5.26 Å². The minimum atomic E-state index is 0.637. The fourth-order valence-corrected chi connectivity index (χ4v) is 2.75. The van der Waals surface area contributed by atoms with Crippen molar-refractivity contribution >= 4 is 0 Å². The molecule has 14 heavy (non-hydrogen) atoms. The van der Waals surface area contributed by atoms with Crippen molar-refractivity contribution in [3.8, 4) is 6.07 Å².